The third-order valence-corrected chi connectivity index (χ3v) is 1.84. The molecule has 0 amide bonds. The summed E-state index contributed by atoms with van der Waals surface area (Å²) in [5.74, 6) is 0.141. The molecule has 0 spiro atoms. The minimum Gasteiger partial charge on any atom is -0.370 e. The number of alkyl halides is 3. The van der Waals surface area contributed by atoms with Crippen LogP contribution in [0.4, 0.5) is 19.0 Å². The molecule has 0 atom stereocenters. The van der Waals surface area contributed by atoms with E-state index in [1.165, 1.54) is 0 Å². The number of nitrogens with zero attached hydrogens (tertiary/aromatic N) is 3. The summed E-state index contributed by atoms with van der Waals surface area (Å²) in [6.45, 7) is -1.37. The number of rotatable bonds is 5. The predicted octanol–water partition coefficient (Wildman–Crippen LogP) is 2.17. The van der Waals surface area contributed by atoms with Gasteiger partial charge in [0.25, 0.3) is 0 Å². The lowest BCUT2D eigenvalue weighted by atomic mass is 10.6. The number of ether oxygens (including phenoxy) is 1. The van der Waals surface area contributed by atoms with Crippen molar-refractivity contribution in [2.24, 2.45) is 0 Å². The van der Waals surface area contributed by atoms with Gasteiger partial charge in [-0.2, -0.15) is 18.2 Å². The van der Waals surface area contributed by atoms with Crippen molar-refractivity contribution in [1.82, 2.24) is 15.2 Å². The van der Waals surface area contributed by atoms with E-state index in [2.05, 4.69) is 25.2 Å². The van der Waals surface area contributed by atoms with Crippen LogP contribution >= 0.6 is 23.2 Å². The molecule has 0 aromatic carbocycles. The van der Waals surface area contributed by atoms with Crippen LogP contribution in [0.25, 0.3) is 0 Å². The molecule has 0 aliphatic carbocycles. The molecular formula is C7H7Cl2F3N4O. The molecule has 0 saturated carbocycles. The largest absolute Gasteiger partial charge is 0.411 e. The third-order valence-electron chi connectivity index (χ3n) is 1.42. The molecule has 10 heteroatoms. The highest BCUT2D eigenvalue weighted by Crippen LogP contribution is 2.16. The van der Waals surface area contributed by atoms with Crippen LogP contribution in [0.5, 0.6) is 0 Å². The predicted molar refractivity (Wildman–Crippen MR) is 55.2 cm³/mol. The normalized spacial score (nSPS) is 11.6. The first-order valence-electron chi connectivity index (χ1n) is 4.32. The van der Waals surface area contributed by atoms with E-state index in [1.807, 2.05) is 0 Å². The molecule has 0 radical (unpaired) electrons. The van der Waals surface area contributed by atoms with E-state index >= 15 is 0 Å². The SMILES string of the molecule is FC(F)(F)COCCNc1nc(Cl)nnc1Cl. The minimum absolute atomic E-state index is 0.0229. The first-order chi connectivity index (χ1) is 7.88. The Labute approximate surface area is 104 Å². The van der Waals surface area contributed by atoms with Gasteiger partial charge in [0, 0.05) is 6.54 Å². The second-order valence-electron chi connectivity index (χ2n) is 2.81. The van der Waals surface area contributed by atoms with Crippen molar-refractivity contribution in [1.29, 1.82) is 0 Å². The quantitative estimate of drug-likeness (QED) is 0.842. The third kappa shape index (κ3) is 5.85. The zero-order valence-corrected chi connectivity index (χ0v) is 9.77. The van der Waals surface area contributed by atoms with Gasteiger partial charge >= 0.3 is 6.18 Å². The molecule has 0 saturated heterocycles. The number of anilines is 1. The van der Waals surface area contributed by atoms with Crippen LogP contribution in [0.2, 0.25) is 10.4 Å². The maximum absolute atomic E-state index is 11.7. The van der Waals surface area contributed by atoms with Gasteiger partial charge in [-0.15, -0.1) is 10.2 Å². The summed E-state index contributed by atoms with van der Waals surface area (Å²) in [6.07, 6.45) is -4.34. The molecule has 0 fully saturated rings. The maximum Gasteiger partial charge on any atom is 0.411 e. The van der Waals surface area contributed by atoms with Crippen LogP contribution in [0.3, 0.4) is 0 Å². The number of nitrogens with one attached hydrogen (secondary N) is 1. The van der Waals surface area contributed by atoms with Crippen molar-refractivity contribution < 1.29 is 17.9 Å². The molecule has 17 heavy (non-hydrogen) atoms. The van der Waals surface area contributed by atoms with Gasteiger partial charge in [0.2, 0.25) is 5.28 Å². The maximum atomic E-state index is 11.7. The van der Waals surface area contributed by atoms with Gasteiger partial charge in [-0.05, 0) is 11.6 Å². The Kier molecular flexibility index (Phi) is 5.16. The highest BCUT2D eigenvalue weighted by atomic mass is 35.5. The Morgan fingerprint density at radius 1 is 1.24 bits per heavy atom. The summed E-state index contributed by atoms with van der Waals surface area (Å²) in [5, 5.41) is 9.30. The molecule has 0 bridgehead atoms. The fraction of sp³-hybridized carbons (Fsp3) is 0.571. The molecular weight excluding hydrogens is 284 g/mol. The van der Waals surface area contributed by atoms with Crippen molar-refractivity contribution in [2.75, 3.05) is 25.1 Å². The van der Waals surface area contributed by atoms with Crippen molar-refractivity contribution >= 4 is 29.0 Å². The molecule has 1 N–H and O–H groups in total. The molecule has 1 heterocycles. The molecule has 1 rings (SSSR count). The van der Waals surface area contributed by atoms with E-state index in [1.54, 1.807) is 0 Å². The van der Waals surface area contributed by atoms with E-state index in [0.717, 1.165) is 0 Å². The molecule has 1 aromatic heterocycles. The van der Waals surface area contributed by atoms with Gasteiger partial charge in [0.05, 0.1) is 6.61 Å². The van der Waals surface area contributed by atoms with E-state index < -0.39 is 12.8 Å². The average molecular weight is 291 g/mol. The van der Waals surface area contributed by atoms with Gasteiger partial charge in [-0.3, -0.25) is 0 Å². The van der Waals surface area contributed by atoms with Gasteiger partial charge in [-0.1, -0.05) is 11.6 Å². The Morgan fingerprint density at radius 3 is 2.59 bits per heavy atom. The molecule has 5 nitrogen and oxygen atoms in total. The van der Waals surface area contributed by atoms with Gasteiger partial charge < -0.3 is 10.1 Å². The topological polar surface area (TPSA) is 59.9 Å². The van der Waals surface area contributed by atoms with Gasteiger partial charge in [0.1, 0.15) is 6.61 Å². The number of aromatic nitrogens is 3. The van der Waals surface area contributed by atoms with Gasteiger partial charge in [-0.25, -0.2) is 0 Å². The summed E-state index contributed by atoms with van der Waals surface area (Å²) in [7, 11) is 0. The minimum atomic E-state index is -4.34. The fourth-order valence-corrected chi connectivity index (χ4v) is 1.10. The highest BCUT2D eigenvalue weighted by Gasteiger charge is 2.27. The molecule has 0 unspecified atom stereocenters. The van der Waals surface area contributed by atoms with Crippen molar-refractivity contribution in [3.63, 3.8) is 0 Å². The summed E-state index contributed by atoms with van der Waals surface area (Å²) in [6, 6.07) is 0. The van der Waals surface area contributed by atoms with E-state index in [9.17, 15) is 13.2 Å². The Bertz CT molecular complexity index is 377. The Morgan fingerprint density at radius 2 is 1.94 bits per heavy atom. The summed E-state index contributed by atoms with van der Waals surface area (Å²) < 4.78 is 39.5. The van der Waals surface area contributed by atoms with Gasteiger partial charge in [0.15, 0.2) is 11.0 Å². The first-order valence-corrected chi connectivity index (χ1v) is 5.08. The first kappa shape index (κ1) is 14.2. The second-order valence-corrected chi connectivity index (χ2v) is 3.51. The lowest BCUT2D eigenvalue weighted by Gasteiger charge is -2.09. The highest BCUT2D eigenvalue weighted by molar-refractivity contribution is 6.32. The number of halogens is 5. The van der Waals surface area contributed by atoms with E-state index in [-0.39, 0.29) is 29.4 Å². The standard InChI is InChI=1S/C7H7Cl2F3N4O/c8-4-5(14-6(9)16-15-4)13-1-2-17-3-7(10,11)12/h1-3H2,(H,13,14,16). The molecule has 96 valence electrons. The lowest BCUT2D eigenvalue weighted by molar-refractivity contribution is -0.172. The summed E-state index contributed by atoms with van der Waals surface area (Å²) >= 11 is 11.1. The van der Waals surface area contributed by atoms with Crippen LogP contribution in [-0.2, 0) is 4.74 Å². The van der Waals surface area contributed by atoms with Crippen LogP contribution in [0, 0.1) is 0 Å². The zero-order chi connectivity index (χ0) is 12.9. The van der Waals surface area contributed by atoms with Crippen molar-refractivity contribution in [3.05, 3.63) is 10.4 Å². The van der Waals surface area contributed by atoms with Crippen LogP contribution in [-0.4, -0.2) is 41.1 Å². The molecule has 1 aromatic rings. The fourth-order valence-electron chi connectivity index (χ4n) is 0.835. The van der Waals surface area contributed by atoms with Crippen molar-refractivity contribution in [3.8, 4) is 0 Å². The molecule has 0 aliphatic heterocycles. The van der Waals surface area contributed by atoms with E-state index in [4.69, 9.17) is 23.2 Å². The van der Waals surface area contributed by atoms with Crippen molar-refractivity contribution in [2.45, 2.75) is 6.18 Å². The second kappa shape index (κ2) is 6.18. The lowest BCUT2D eigenvalue weighted by Crippen LogP contribution is -2.20. The summed E-state index contributed by atoms with van der Waals surface area (Å²) in [4.78, 5) is 3.69. The average Bonchev–Trinajstić information content (AvgIpc) is 2.21. The van der Waals surface area contributed by atoms with E-state index in [0.29, 0.717) is 0 Å². The van der Waals surface area contributed by atoms with Crippen LogP contribution < -0.4 is 5.32 Å². The number of hydrogen-bond donors (Lipinski definition) is 1. The monoisotopic (exact) mass is 290 g/mol. The molecule has 0 aliphatic rings. The Hall–Kier alpha value is -0.860. The smallest absolute Gasteiger partial charge is 0.370 e. The zero-order valence-electron chi connectivity index (χ0n) is 8.26. The Balaban J connectivity index is 2.29. The van der Waals surface area contributed by atoms with Crippen LogP contribution in [0.15, 0.2) is 0 Å². The van der Waals surface area contributed by atoms with Crippen LogP contribution in [0.1, 0.15) is 0 Å². The summed E-state index contributed by atoms with van der Waals surface area (Å²) in [5.41, 5.74) is 0. The number of hydrogen-bond acceptors (Lipinski definition) is 5.